The molecule has 1 aromatic rings. The van der Waals surface area contributed by atoms with Crippen molar-refractivity contribution in [1.82, 2.24) is 0 Å². The minimum atomic E-state index is 0.965. The van der Waals surface area contributed by atoms with Crippen LogP contribution in [0, 0.1) is 12.8 Å². The lowest BCUT2D eigenvalue weighted by atomic mass is 9.94. The van der Waals surface area contributed by atoms with Crippen LogP contribution in [-0.2, 0) is 0 Å². The highest BCUT2D eigenvalue weighted by molar-refractivity contribution is 5.47. The second-order valence-electron chi connectivity index (χ2n) is 4.67. The average molecular weight is 233 g/mol. The molecule has 0 bridgehead atoms. The molecule has 0 unspecified atom stereocenters. The first-order chi connectivity index (χ1) is 8.29. The topological polar surface area (TPSA) is 3.24 Å². The Balaban J connectivity index is 0.000000686. The second-order valence-corrected chi connectivity index (χ2v) is 4.67. The summed E-state index contributed by atoms with van der Waals surface area (Å²) in [6.07, 6.45) is 4.08. The number of aryl methyl sites for hydroxylation is 1. The number of nitrogens with zero attached hydrogens (tertiary/aromatic N) is 1. The summed E-state index contributed by atoms with van der Waals surface area (Å²) < 4.78 is 0. The maximum Gasteiger partial charge on any atom is 0.0366 e. The number of hydrogen-bond acceptors (Lipinski definition) is 1. The fraction of sp³-hybridized carbons (Fsp3) is 0.625. The lowest BCUT2D eigenvalue weighted by molar-refractivity contribution is 0.395. The maximum atomic E-state index is 2.52. The van der Waals surface area contributed by atoms with Crippen molar-refractivity contribution < 1.29 is 0 Å². The fourth-order valence-electron chi connectivity index (χ4n) is 2.35. The van der Waals surface area contributed by atoms with Gasteiger partial charge >= 0.3 is 0 Å². The summed E-state index contributed by atoms with van der Waals surface area (Å²) >= 11 is 0. The summed E-state index contributed by atoms with van der Waals surface area (Å²) in [5.41, 5.74) is 2.75. The second kappa shape index (κ2) is 7.37. The Morgan fingerprint density at radius 2 is 1.59 bits per heavy atom. The van der Waals surface area contributed by atoms with E-state index in [2.05, 4.69) is 43.0 Å². The van der Waals surface area contributed by atoms with E-state index in [0.717, 1.165) is 5.92 Å². The Labute approximate surface area is 107 Å². The molecule has 17 heavy (non-hydrogen) atoms. The molecule has 1 aliphatic rings. The number of rotatable bonds is 2. The van der Waals surface area contributed by atoms with Crippen molar-refractivity contribution in [2.45, 2.75) is 47.0 Å². The quantitative estimate of drug-likeness (QED) is 0.719. The van der Waals surface area contributed by atoms with Crippen LogP contribution in [0.4, 0.5) is 5.69 Å². The number of hydrogen-bond donors (Lipinski definition) is 0. The highest BCUT2D eigenvalue weighted by Gasteiger charge is 2.17. The van der Waals surface area contributed by atoms with Crippen LogP contribution in [0.5, 0.6) is 0 Å². The van der Waals surface area contributed by atoms with E-state index >= 15 is 0 Å². The molecule has 2 rings (SSSR count). The Kier molecular flexibility index (Phi) is 6.10. The van der Waals surface area contributed by atoms with Crippen molar-refractivity contribution in [2.24, 2.45) is 5.92 Å². The molecule has 0 spiro atoms. The van der Waals surface area contributed by atoms with Gasteiger partial charge in [0.25, 0.3) is 0 Å². The largest absolute Gasteiger partial charge is 0.372 e. The van der Waals surface area contributed by atoms with Gasteiger partial charge < -0.3 is 4.90 Å². The van der Waals surface area contributed by atoms with E-state index in [0.29, 0.717) is 0 Å². The summed E-state index contributed by atoms with van der Waals surface area (Å²) in [5.74, 6) is 0.965. The summed E-state index contributed by atoms with van der Waals surface area (Å²) in [7, 11) is 0. The van der Waals surface area contributed by atoms with Crippen LogP contribution >= 0.6 is 0 Å². The van der Waals surface area contributed by atoms with Gasteiger partial charge in [-0.3, -0.25) is 0 Å². The monoisotopic (exact) mass is 233 g/mol. The summed E-state index contributed by atoms with van der Waals surface area (Å²) in [4.78, 5) is 2.52. The third kappa shape index (κ3) is 4.07. The summed E-state index contributed by atoms with van der Waals surface area (Å²) in [6, 6.07) is 8.92. The highest BCUT2D eigenvalue weighted by Crippen LogP contribution is 2.24. The van der Waals surface area contributed by atoms with E-state index in [4.69, 9.17) is 0 Å². The molecule has 1 heteroatoms. The SMILES string of the molecule is CC.CCC1CCN(c2ccc(C)cc2)CC1. The Morgan fingerprint density at radius 3 is 2.06 bits per heavy atom. The van der Waals surface area contributed by atoms with E-state index in [1.807, 2.05) is 13.8 Å². The third-order valence-electron chi connectivity index (χ3n) is 3.59. The van der Waals surface area contributed by atoms with E-state index in [9.17, 15) is 0 Å². The van der Waals surface area contributed by atoms with E-state index in [-0.39, 0.29) is 0 Å². The number of anilines is 1. The molecule has 1 nitrogen and oxygen atoms in total. The van der Waals surface area contributed by atoms with Gasteiger partial charge in [0.2, 0.25) is 0 Å². The van der Waals surface area contributed by atoms with Crippen molar-refractivity contribution >= 4 is 5.69 Å². The predicted octanol–water partition coefficient (Wildman–Crippen LogP) is 4.65. The van der Waals surface area contributed by atoms with Gasteiger partial charge in [-0.05, 0) is 37.8 Å². The zero-order chi connectivity index (χ0) is 12.7. The molecule has 1 aliphatic heterocycles. The predicted molar refractivity (Wildman–Crippen MR) is 77.8 cm³/mol. The zero-order valence-electron chi connectivity index (χ0n) is 11.9. The first-order valence-corrected chi connectivity index (χ1v) is 7.11. The normalized spacial score (nSPS) is 16.4. The number of piperidine rings is 1. The van der Waals surface area contributed by atoms with Gasteiger partial charge in [0.1, 0.15) is 0 Å². The molecular formula is C16H27N. The van der Waals surface area contributed by atoms with Crippen molar-refractivity contribution in [3.8, 4) is 0 Å². The van der Waals surface area contributed by atoms with Gasteiger partial charge in [-0.1, -0.05) is 44.9 Å². The lowest BCUT2D eigenvalue weighted by Crippen LogP contribution is -2.33. The van der Waals surface area contributed by atoms with E-state index in [1.165, 1.54) is 43.6 Å². The number of benzene rings is 1. The maximum absolute atomic E-state index is 2.52. The van der Waals surface area contributed by atoms with Crippen LogP contribution in [0.3, 0.4) is 0 Å². The Morgan fingerprint density at radius 1 is 1.06 bits per heavy atom. The van der Waals surface area contributed by atoms with Crippen LogP contribution in [0.2, 0.25) is 0 Å². The van der Waals surface area contributed by atoms with Gasteiger partial charge in [0.15, 0.2) is 0 Å². The van der Waals surface area contributed by atoms with E-state index < -0.39 is 0 Å². The minimum Gasteiger partial charge on any atom is -0.372 e. The third-order valence-corrected chi connectivity index (χ3v) is 3.59. The van der Waals surface area contributed by atoms with Crippen LogP contribution in [0.15, 0.2) is 24.3 Å². The summed E-state index contributed by atoms with van der Waals surface area (Å²) in [6.45, 7) is 10.9. The Bertz CT molecular complexity index is 294. The van der Waals surface area contributed by atoms with Crippen molar-refractivity contribution in [2.75, 3.05) is 18.0 Å². The first-order valence-electron chi connectivity index (χ1n) is 7.11. The molecular weight excluding hydrogens is 206 g/mol. The van der Waals surface area contributed by atoms with Gasteiger partial charge in [-0.25, -0.2) is 0 Å². The van der Waals surface area contributed by atoms with Gasteiger partial charge in [0, 0.05) is 18.8 Å². The molecule has 0 amide bonds. The summed E-state index contributed by atoms with van der Waals surface area (Å²) in [5, 5.41) is 0. The molecule has 0 N–H and O–H groups in total. The zero-order valence-corrected chi connectivity index (χ0v) is 11.9. The first kappa shape index (κ1) is 14.1. The molecule has 1 saturated heterocycles. The Hall–Kier alpha value is -0.980. The van der Waals surface area contributed by atoms with E-state index in [1.54, 1.807) is 0 Å². The van der Waals surface area contributed by atoms with Gasteiger partial charge in [0.05, 0.1) is 0 Å². The van der Waals surface area contributed by atoms with Crippen molar-refractivity contribution in [1.29, 1.82) is 0 Å². The van der Waals surface area contributed by atoms with Gasteiger partial charge in [-0.15, -0.1) is 0 Å². The van der Waals surface area contributed by atoms with Crippen molar-refractivity contribution in [3.05, 3.63) is 29.8 Å². The molecule has 0 atom stereocenters. The van der Waals surface area contributed by atoms with Crippen LogP contribution in [0.1, 0.15) is 45.6 Å². The average Bonchev–Trinajstić information content (AvgIpc) is 2.42. The van der Waals surface area contributed by atoms with Crippen molar-refractivity contribution in [3.63, 3.8) is 0 Å². The highest BCUT2D eigenvalue weighted by atomic mass is 15.1. The van der Waals surface area contributed by atoms with Crippen LogP contribution in [-0.4, -0.2) is 13.1 Å². The molecule has 1 fully saturated rings. The molecule has 0 aliphatic carbocycles. The minimum absolute atomic E-state index is 0.965. The molecule has 0 radical (unpaired) electrons. The fourth-order valence-corrected chi connectivity index (χ4v) is 2.35. The smallest absolute Gasteiger partial charge is 0.0366 e. The molecule has 96 valence electrons. The molecule has 1 heterocycles. The molecule has 0 saturated carbocycles. The molecule has 1 aromatic carbocycles. The van der Waals surface area contributed by atoms with Crippen LogP contribution in [0.25, 0.3) is 0 Å². The van der Waals surface area contributed by atoms with Gasteiger partial charge in [-0.2, -0.15) is 0 Å². The standard InChI is InChI=1S/C14H21N.C2H6/c1-3-13-8-10-15(11-9-13)14-6-4-12(2)5-7-14;1-2/h4-7,13H,3,8-11H2,1-2H3;1-2H3. The lowest BCUT2D eigenvalue weighted by Gasteiger charge is -2.33. The van der Waals surface area contributed by atoms with Crippen LogP contribution < -0.4 is 4.90 Å². The molecule has 0 aromatic heterocycles.